The number of rotatable bonds is 5. The molecule has 0 saturated heterocycles. The molecule has 0 aliphatic carbocycles. The minimum Gasteiger partial charge on any atom is -0.307 e. The number of aromatic nitrogens is 2. The molecule has 0 saturated carbocycles. The highest BCUT2D eigenvalue weighted by molar-refractivity contribution is 7.98. The van der Waals surface area contributed by atoms with E-state index in [9.17, 15) is 18.0 Å². The van der Waals surface area contributed by atoms with E-state index in [-0.39, 0.29) is 9.77 Å². The number of hydrogen-bond donors (Lipinski definition) is 2. The Balaban J connectivity index is 1.57. The molecule has 0 aliphatic heterocycles. The number of amides is 2. The summed E-state index contributed by atoms with van der Waals surface area (Å²) in [5.41, 5.74) is 1.33. The third-order valence-electron chi connectivity index (χ3n) is 4.67. The van der Waals surface area contributed by atoms with Crippen LogP contribution in [0.15, 0.2) is 68.5 Å². The molecule has 33 heavy (non-hydrogen) atoms. The van der Waals surface area contributed by atoms with Gasteiger partial charge in [0, 0.05) is 10.6 Å². The number of nitrogens with zero attached hydrogens (tertiary/aromatic N) is 2. The van der Waals surface area contributed by atoms with Crippen molar-refractivity contribution in [1.29, 1.82) is 0 Å². The molecule has 0 fully saturated rings. The molecule has 4 rings (SSSR count). The summed E-state index contributed by atoms with van der Waals surface area (Å²) < 4.78 is 28.1. The number of urea groups is 1. The molecule has 0 radical (unpaired) electrons. The van der Waals surface area contributed by atoms with Gasteiger partial charge in [-0.2, -0.15) is 0 Å². The zero-order chi connectivity index (χ0) is 23.8. The second-order valence-corrected chi connectivity index (χ2v) is 11.4. The molecule has 2 N–H and O–H groups in total. The zero-order valence-electron chi connectivity index (χ0n) is 17.3. The first-order valence-corrected chi connectivity index (χ1v) is 13.3. The number of hydrogen-bond acceptors (Lipinski definition) is 7. The van der Waals surface area contributed by atoms with E-state index in [1.165, 1.54) is 28.5 Å². The standard InChI is InChI=1S/C21H17ClN4O4S3/c1-12-23-17-8-7-15(31-2)11-16(17)20(27)26(12)14-5-3-13(4-6-14)24-21(28)25-33(29,30)19-10-9-18(22)32-19/h3-11H,1-2H3,(H2,24,25,28). The fourth-order valence-corrected chi connectivity index (χ4v) is 6.00. The van der Waals surface area contributed by atoms with Crippen LogP contribution in [0.5, 0.6) is 0 Å². The van der Waals surface area contributed by atoms with Crippen LogP contribution < -0.4 is 15.6 Å². The number of benzene rings is 2. The SMILES string of the molecule is CSc1ccc2nc(C)n(-c3ccc(NC(=O)NS(=O)(=O)c4ccc(Cl)s4)cc3)c(=O)c2c1. The Morgan fingerprint density at radius 2 is 1.85 bits per heavy atom. The van der Waals surface area contributed by atoms with E-state index in [0.717, 1.165) is 16.2 Å². The Hall–Kier alpha value is -2.86. The van der Waals surface area contributed by atoms with Crippen LogP contribution in [0.1, 0.15) is 5.82 Å². The highest BCUT2D eigenvalue weighted by Gasteiger charge is 2.20. The monoisotopic (exact) mass is 520 g/mol. The van der Waals surface area contributed by atoms with Crippen LogP contribution in [0, 0.1) is 6.92 Å². The van der Waals surface area contributed by atoms with Gasteiger partial charge in [-0.3, -0.25) is 9.36 Å². The lowest BCUT2D eigenvalue weighted by Crippen LogP contribution is -2.33. The zero-order valence-corrected chi connectivity index (χ0v) is 20.5. The molecule has 2 heterocycles. The van der Waals surface area contributed by atoms with E-state index in [4.69, 9.17) is 11.6 Å². The molecule has 0 bridgehead atoms. The summed E-state index contributed by atoms with van der Waals surface area (Å²) in [6, 6.07) is 13.8. The number of thiophene rings is 1. The lowest BCUT2D eigenvalue weighted by atomic mass is 10.2. The molecule has 2 amide bonds. The Morgan fingerprint density at radius 1 is 1.12 bits per heavy atom. The number of carbonyl (C=O) groups is 1. The van der Waals surface area contributed by atoms with Crippen LogP contribution in [-0.4, -0.2) is 30.3 Å². The molecule has 170 valence electrons. The minimum atomic E-state index is -4.03. The summed E-state index contributed by atoms with van der Waals surface area (Å²) in [4.78, 5) is 30.8. The van der Waals surface area contributed by atoms with E-state index in [0.29, 0.717) is 32.4 Å². The molecule has 12 heteroatoms. The Labute approximate surface area is 202 Å². The summed E-state index contributed by atoms with van der Waals surface area (Å²) in [6.07, 6.45) is 1.93. The molecule has 0 spiro atoms. The maximum Gasteiger partial charge on any atom is 0.333 e. The maximum absolute atomic E-state index is 13.1. The van der Waals surface area contributed by atoms with Crippen LogP contribution in [0.2, 0.25) is 4.34 Å². The predicted octanol–water partition coefficient (Wildman–Crippen LogP) is 4.64. The summed E-state index contributed by atoms with van der Waals surface area (Å²) >= 11 is 8.15. The van der Waals surface area contributed by atoms with Gasteiger partial charge in [-0.25, -0.2) is 22.9 Å². The first kappa shape index (κ1) is 23.3. The fourth-order valence-electron chi connectivity index (χ4n) is 3.17. The predicted molar refractivity (Wildman–Crippen MR) is 133 cm³/mol. The van der Waals surface area contributed by atoms with Gasteiger partial charge in [-0.05, 0) is 67.8 Å². The largest absolute Gasteiger partial charge is 0.333 e. The quantitative estimate of drug-likeness (QED) is 0.371. The average molecular weight is 521 g/mol. The Morgan fingerprint density at radius 3 is 2.48 bits per heavy atom. The van der Waals surface area contributed by atoms with E-state index in [1.54, 1.807) is 31.2 Å². The lowest BCUT2D eigenvalue weighted by molar-refractivity contribution is 0.256. The summed E-state index contributed by atoms with van der Waals surface area (Å²) in [5, 5.41) is 2.97. The normalized spacial score (nSPS) is 11.5. The van der Waals surface area contributed by atoms with Gasteiger partial charge in [-0.15, -0.1) is 23.1 Å². The smallest absolute Gasteiger partial charge is 0.307 e. The maximum atomic E-state index is 13.1. The van der Waals surface area contributed by atoms with Crippen molar-refractivity contribution >= 4 is 67.3 Å². The molecular weight excluding hydrogens is 504 g/mol. The highest BCUT2D eigenvalue weighted by Crippen LogP contribution is 2.25. The molecule has 0 atom stereocenters. The topological polar surface area (TPSA) is 110 Å². The molecule has 2 aromatic carbocycles. The van der Waals surface area contributed by atoms with Crippen LogP contribution in [0.25, 0.3) is 16.6 Å². The molecule has 0 unspecified atom stereocenters. The van der Waals surface area contributed by atoms with Crippen molar-refractivity contribution in [3.8, 4) is 5.69 Å². The lowest BCUT2D eigenvalue weighted by Gasteiger charge is -2.12. The Kier molecular flexibility index (Phi) is 6.48. The van der Waals surface area contributed by atoms with Crippen molar-refractivity contribution in [3.05, 3.63) is 75.1 Å². The number of carbonyl (C=O) groups excluding carboxylic acids is 1. The molecule has 0 aliphatic rings. The average Bonchev–Trinajstić information content (AvgIpc) is 3.22. The second-order valence-electron chi connectivity index (χ2n) is 6.85. The van der Waals surface area contributed by atoms with Crippen molar-refractivity contribution in [2.24, 2.45) is 0 Å². The number of sulfonamides is 1. The van der Waals surface area contributed by atoms with Crippen LogP contribution in [0.3, 0.4) is 0 Å². The minimum absolute atomic E-state index is 0.0683. The fraction of sp³-hybridized carbons (Fsp3) is 0.0952. The van der Waals surface area contributed by atoms with Crippen LogP contribution >= 0.6 is 34.7 Å². The number of fused-ring (bicyclic) bond motifs is 1. The van der Waals surface area contributed by atoms with Gasteiger partial charge in [0.2, 0.25) is 0 Å². The first-order valence-electron chi connectivity index (χ1n) is 9.45. The third kappa shape index (κ3) is 4.91. The van der Waals surface area contributed by atoms with Crippen molar-refractivity contribution < 1.29 is 13.2 Å². The van der Waals surface area contributed by atoms with Crippen molar-refractivity contribution in [2.45, 2.75) is 16.0 Å². The van der Waals surface area contributed by atoms with Gasteiger partial charge in [-0.1, -0.05) is 11.6 Å². The van der Waals surface area contributed by atoms with Gasteiger partial charge in [0.15, 0.2) is 0 Å². The summed E-state index contributed by atoms with van der Waals surface area (Å²) in [7, 11) is -4.03. The number of aryl methyl sites for hydroxylation is 1. The number of halogens is 1. The van der Waals surface area contributed by atoms with Gasteiger partial charge in [0.05, 0.1) is 20.9 Å². The summed E-state index contributed by atoms with van der Waals surface area (Å²) in [5.74, 6) is 0.517. The van der Waals surface area contributed by atoms with Crippen LogP contribution in [0.4, 0.5) is 10.5 Å². The number of thioether (sulfide) groups is 1. The van der Waals surface area contributed by atoms with E-state index >= 15 is 0 Å². The molecule has 4 aromatic rings. The third-order valence-corrected chi connectivity index (χ3v) is 8.45. The van der Waals surface area contributed by atoms with Gasteiger partial charge in [0.25, 0.3) is 15.6 Å². The van der Waals surface area contributed by atoms with Gasteiger partial charge in [0.1, 0.15) is 10.0 Å². The van der Waals surface area contributed by atoms with Crippen molar-refractivity contribution in [1.82, 2.24) is 14.3 Å². The highest BCUT2D eigenvalue weighted by atomic mass is 35.5. The van der Waals surface area contributed by atoms with E-state index in [1.807, 2.05) is 29.2 Å². The van der Waals surface area contributed by atoms with E-state index in [2.05, 4.69) is 10.3 Å². The Bertz CT molecular complexity index is 1530. The van der Waals surface area contributed by atoms with Crippen molar-refractivity contribution in [3.63, 3.8) is 0 Å². The second kappa shape index (κ2) is 9.18. The van der Waals surface area contributed by atoms with E-state index < -0.39 is 16.1 Å². The van der Waals surface area contributed by atoms with Gasteiger partial charge < -0.3 is 5.32 Å². The molecule has 8 nitrogen and oxygen atoms in total. The van der Waals surface area contributed by atoms with Crippen molar-refractivity contribution in [2.75, 3.05) is 11.6 Å². The number of nitrogens with one attached hydrogen (secondary N) is 2. The molecule has 2 aromatic heterocycles. The molecular formula is C21H17ClN4O4S3. The summed E-state index contributed by atoms with van der Waals surface area (Å²) in [6.45, 7) is 1.74. The first-order chi connectivity index (χ1) is 15.7. The van der Waals surface area contributed by atoms with Crippen LogP contribution in [-0.2, 0) is 10.0 Å². The number of anilines is 1. The van der Waals surface area contributed by atoms with Gasteiger partial charge >= 0.3 is 6.03 Å².